The molecule has 0 spiro atoms. The number of aromatic nitrogens is 7. The maximum atomic E-state index is 10.0. The molecule has 137 heavy (non-hydrogen) atoms. The van der Waals surface area contributed by atoms with Crippen molar-refractivity contribution in [1.29, 1.82) is 0 Å². The fourth-order valence-corrected chi connectivity index (χ4v) is 17.2. The van der Waals surface area contributed by atoms with E-state index in [4.69, 9.17) is 14.5 Å². The minimum Gasteiger partial charge on any atom is -0.512 e. The summed E-state index contributed by atoms with van der Waals surface area (Å²) in [5, 5.41) is 17.1. The number of aryl methyl sites for hydroxylation is 7. The van der Waals surface area contributed by atoms with Gasteiger partial charge in [-0.2, -0.15) is 22.7 Å². The Labute approximate surface area is 865 Å². The second kappa shape index (κ2) is 51.2. The Morgan fingerprint density at radius 1 is 0.343 bits per heavy atom. The summed E-state index contributed by atoms with van der Waals surface area (Å²) in [4.78, 5) is 41.2. The van der Waals surface area contributed by atoms with E-state index in [0.29, 0.717) is 5.92 Å². The summed E-state index contributed by atoms with van der Waals surface area (Å²) in [5.74, 6) is 0.523. The van der Waals surface area contributed by atoms with E-state index in [2.05, 4.69) is 296 Å². The van der Waals surface area contributed by atoms with Crippen molar-refractivity contribution in [2.75, 3.05) is 0 Å². The Balaban J connectivity index is 0.000000153. The predicted molar refractivity (Wildman–Crippen MR) is 554 cm³/mol. The maximum absolute atomic E-state index is 10.0. The average Bonchev–Trinajstić information content (AvgIpc) is 1.69. The second-order valence-corrected chi connectivity index (χ2v) is 35.0. The molecule has 16 heteroatoms. The van der Waals surface area contributed by atoms with Crippen LogP contribution in [0.15, 0.2) is 381 Å². The number of carbonyl (C=O) groups is 1. The van der Waals surface area contributed by atoms with Crippen LogP contribution < -0.4 is 0 Å². The number of aliphatic hydroxyl groups excluding tert-OH is 1. The molecule has 0 fully saturated rings. The van der Waals surface area contributed by atoms with Crippen LogP contribution in [-0.2, 0) is 91.6 Å². The number of hydrogen-bond donors (Lipinski definition) is 1. The number of furan rings is 1. The first-order valence-corrected chi connectivity index (χ1v) is 45.7. The van der Waals surface area contributed by atoms with E-state index in [1.165, 1.54) is 116 Å². The van der Waals surface area contributed by atoms with Crippen molar-refractivity contribution in [3.8, 4) is 89.9 Å². The van der Waals surface area contributed by atoms with Crippen LogP contribution in [0.1, 0.15) is 72.2 Å². The number of nitrogens with zero attached hydrogens (tertiary/aromatic N) is 7. The fraction of sp³-hybridized carbons (Fsp3) is 0.107. The smallest absolute Gasteiger partial charge is 0.155 e. The number of pyridine rings is 7. The van der Waals surface area contributed by atoms with E-state index in [0.717, 1.165) is 118 Å². The number of thiophene rings is 2. The van der Waals surface area contributed by atoms with Gasteiger partial charge in [0.1, 0.15) is 5.58 Å². The van der Waals surface area contributed by atoms with Crippen LogP contribution in [0.2, 0.25) is 0 Å². The van der Waals surface area contributed by atoms with E-state index in [1.807, 2.05) is 226 Å². The molecule has 0 unspecified atom stereocenters. The van der Waals surface area contributed by atoms with Gasteiger partial charge < -0.3 is 39.4 Å². The number of allylic oxidation sites excluding steroid dienone is 2. The molecule has 12 aromatic carbocycles. The zero-order valence-electron chi connectivity index (χ0n) is 77.5. The van der Waals surface area contributed by atoms with Crippen molar-refractivity contribution in [1.82, 2.24) is 34.9 Å². The average molecular weight is 2530 g/mol. The van der Waals surface area contributed by atoms with Gasteiger partial charge in [0.05, 0.1) is 16.9 Å². The molecule has 0 bridgehead atoms. The number of ketones is 1. The topological polar surface area (TPSA) is 141 Å². The molecule has 0 atom stereocenters. The van der Waals surface area contributed by atoms with Gasteiger partial charge in [-0.3, -0.25) is 9.78 Å². The molecule has 0 saturated heterocycles. The number of rotatable bonds is 11. The van der Waals surface area contributed by atoms with Gasteiger partial charge >= 0.3 is 0 Å². The molecular formula is C121H98Ir4N7O3S2-7. The summed E-state index contributed by atoms with van der Waals surface area (Å²) in [5.41, 5.74) is 29.2. The van der Waals surface area contributed by atoms with Crippen LogP contribution in [0.3, 0.4) is 0 Å². The molecule has 0 aliphatic heterocycles. The SMILES string of the molecule is CC(=O)C=C(C)O.Cc1[c-]c(-c2cc(CC(C)C)c3cc(-c4ccccc4)ccc3n2)cc(C)c1.Cc1ccc(-c2[c-]cccc2)nc1.Cc1ccc(-c2[c-]cccc2)nc1.Cc1ccc(-c2[c-]cccc2)nc1.Cc1ccnc(-c2[c-]cc3oc4ccccc4c3c2)c1.Cc1ccnc(-c2[c-]cc3sc4ccccc4c3c2)c1.[Ir].[Ir].[Ir].[Ir].[c-]1cc2sc3ccccc3c2cc1-c1ccccn1. The number of hydrogen-bond acceptors (Lipinski definition) is 12. The van der Waals surface area contributed by atoms with Gasteiger partial charge in [-0.15, -0.1) is 214 Å². The molecule has 10 nitrogen and oxygen atoms in total. The first kappa shape index (κ1) is 104. The molecule has 0 aliphatic rings. The van der Waals surface area contributed by atoms with E-state index in [1.54, 1.807) is 0 Å². The van der Waals surface area contributed by atoms with Crippen molar-refractivity contribution >= 4 is 102 Å². The molecule has 10 aromatic heterocycles. The molecule has 22 rings (SSSR count). The number of para-hydroxylation sites is 1. The van der Waals surface area contributed by atoms with Crippen molar-refractivity contribution < 1.29 is 94.7 Å². The van der Waals surface area contributed by atoms with E-state index >= 15 is 0 Å². The Bertz CT molecular complexity index is 7330. The number of aliphatic hydroxyl groups is 1. The summed E-state index contributed by atoms with van der Waals surface area (Å²) in [6.07, 6.45) is 13.3. The molecule has 22 aromatic rings. The van der Waals surface area contributed by atoms with Gasteiger partial charge in [-0.25, -0.2) is 0 Å². The largest absolute Gasteiger partial charge is 0.512 e. The zero-order chi connectivity index (χ0) is 92.5. The Morgan fingerprint density at radius 3 is 1.26 bits per heavy atom. The van der Waals surface area contributed by atoms with E-state index in [-0.39, 0.29) is 92.0 Å². The summed E-state index contributed by atoms with van der Waals surface area (Å²) in [7, 11) is 0. The summed E-state index contributed by atoms with van der Waals surface area (Å²) >= 11 is 3.63. The van der Waals surface area contributed by atoms with Crippen LogP contribution in [0.25, 0.3) is 163 Å². The first-order valence-electron chi connectivity index (χ1n) is 44.1. The molecule has 1 N–H and O–H groups in total. The van der Waals surface area contributed by atoms with Gasteiger partial charge in [-0.1, -0.05) is 213 Å². The Morgan fingerprint density at radius 2 is 0.803 bits per heavy atom. The van der Waals surface area contributed by atoms with Crippen molar-refractivity contribution in [3.05, 3.63) is 464 Å². The third kappa shape index (κ3) is 28.8. The third-order valence-electron chi connectivity index (χ3n) is 21.4. The van der Waals surface area contributed by atoms with Crippen LogP contribution in [0.5, 0.6) is 0 Å². The second-order valence-electron chi connectivity index (χ2n) is 32.8. The van der Waals surface area contributed by atoms with Crippen molar-refractivity contribution in [2.45, 2.75) is 82.6 Å². The summed E-state index contributed by atoms with van der Waals surface area (Å²) < 4.78 is 11.0. The van der Waals surface area contributed by atoms with E-state index < -0.39 is 0 Å². The van der Waals surface area contributed by atoms with Crippen LogP contribution in [-0.4, -0.2) is 45.8 Å². The molecule has 0 saturated carbocycles. The van der Waals surface area contributed by atoms with Crippen LogP contribution in [0.4, 0.5) is 0 Å². The van der Waals surface area contributed by atoms with Gasteiger partial charge in [-0.05, 0) is 203 Å². The monoisotopic (exact) mass is 2530 g/mol. The van der Waals surface area contributed by atoms with Crippen LogP contribution >= 0.6 is 22.7 Å². The first-order chi connectivity index (χ1) is 64.7. The van der Waals surface area contributed by atoms with Crippen molar-refractivity contribution in [3.63, 3.8) is 0 Å². The Hall–Kier alpha value is -13.0. The quantitative estimate of drug-likeness (QED) is 0.0756. The van der Waals surface area contributed by atoms with Crippen LogP contribution in [0, 0.1) is 96.8 Å². The normalized spacial score (nSPS) is 10.6. The van der Waals surface area contributed by atoms with Gasteiger partial charge in [0.2, 0.25) is 0 Å². The third-order valence-corrected chi connectivity index (χ3v) is 23.7. The fourth-order valence-electron chi connectivity index (χ4n) is 15.1. The minimum absolute atomic E-state index is 0. The number of carbonyl (C=O) groups excluding carboxylic acids is 1. The molecule has 690 valence electrons. The molecule has 0 aliphatic carbocycles. The van der Waals surface area contributed by atoms with E-state index in [9.17, 15) is 4.79 Å². The predicted octanol–water partition coefficient (Wildman–Crippen LogP) is 31.7. The zero-order valence-corrected chi connectivity index (χ0v) is 88.8. The number of fused-ring (bicyclic) bond motifs is 10. The molecule has 0 amide bonds. The number of benzene rings is 12. The molecular weight excluding hydrogens is 2430 g/mol. The minimum atomic E-state index is -0.125. The van der Waals surface area contributed by atoms with Crippen molar-refractivity contribution in [2.24, 2.45) is 5.92 Å². The summed E-state index contributed by atoms with van der Waals surface area (Å²) in [6.45, 7) is 21.9. The maximum Gasteiger partial charge on any atom is 0.155 e. The molecule has 4 radical (unpaired) electrons. The summed E-state index contributed by atoms with van der Waals surface area (Å²) in [6, 6.07) is 134. The van der Waals surface area contributed by atoms with Gasteiger partial charge in [0, 0.05) is 144 Å². The Kier molecular flexibility index (Phi) is 39.1. The standard InChI is InChI=1S/C27H26N.C18H12NO.C18H12NS.C17H10NS.3C12H10N.C5H8O2.4Ir/c1-18(2)12-23-17-27(24-14-19(3)13-20(4)15-24)28-26-11-10-22(16-25(23)26)21-8-6-5-7-9-21;2*1-12-8-9-19-16(10-12)13-6-7-18-15(11-13)14-4-2-3-5-17(14)20-18;1-2-7-16-13(5-1)14-11-12(8-9-17(14)19-16)15-6-3-4-10-18-15;3*1-10-7-8-12(13-9-10)11-5-3-2-4-6-11;1-4(6)3-5(2)7;;;;/h5-11,13-14,16-18H,12H2,1-4H3;2*2-5,7-11H,1H3;1-7,9-11H;3*2-5,7-9H,1H3;3,6H,1-2H3;;;;/q7*-1;;;;;. The van der Waals surface area contributed by atoms with Gasteiger partial charge in [0.25, 0.3) is 0 Å². The van der Waals surface area contributed by atoms with Gasteiger partial charge in [0.15, 0.2) is 5.78 Å². The molecule has 10 heterocycles.